The highest BCUT2D eigenvalue weighted by Crippen LogP contribution is 2.47. The van der Waals surface area contributed by atoms with Gasteiger partial charge in [-0.25, -0.2) is 22.4 Å². The van der Waals surface area contributed by atoms with Crippen molar-refractivity contribution in [2.24, 2.45) is 5.92 Å². The van der Waals surface area contributed by atoms with Gasteiger partial charge in [-0.05, 0) is 42.9 Å². The summed E-state index contributed by atoms with van der Waals surface area (Å²) < 4.78 is 63.1. The number of thiophene rings is 1. The molecular weight excluding hydrogens is 650 g/mol. The topological polar surface area (TPSA) is 130 Å². The number of ether oxygens (including phenoxy) is 1. The Morgan fingerprint density at radius 1 is 1.28 bits per heavy atom. The number of fused-ring (bicyclic) bond motifs is 2. The lowest BCUT2D eigenvalue weighted by molar-refractivity contribution is 0.0327. The summed E-state index contributed by atoms with van der Waals surface area (Å²) in [7, 11) is 0. The molecule has 0 saturated carbocycles. The number of hydrogen-bond acceptors (Lipinski definition) is 8. The first-order valence-corrected chi connectivity index (χ1v) is 15.6. The predicted octanol–water partition coefficient (Wildman–Crippen LogP) is 6.48. The van der Waals surface area contributed by atoms with E-state index in [4.69, 9.17) is 22.1 Å². The van der Waals surface area contributed by atoms with Crippen molar-refractivity contribution in [2.45, 2.75) is 38.7 Å². The van der Waals surface area contributed by atoms with Gasteiger partial charge in [0.05, 0.1) is 33.7 Å². The van der Waals surface area contributed by atoms with Crippen molar-refractivity contribution >= 4 is 50.0 Å². The van der Waals surface area contributed by atoms with Gasteiger partial charge in [-0.3, -0.25) is 4.79 Å². The van der Waals surface area contributed by atoms with Crippen LogP contribution >= 0.6 is 22.9 Å². The lowest BCUT2D eigenvalue weighted by Crippen LogP contribution is -2.60. The fourth-order valence-electron chi connectivity index (χ4n) is 6.18. The van der Waals surface area contributed by atoms with Gasteiger partial charge in [0.15, 0.2) is 5.75 Å². The van der Waals surface area contributed by atoms with Crippen LogP contribution in [0.1, 0.15) is 54.2 Å². The van der Waals surface area contributed by atoms with Crippen LogP contribution in [-0.4, -0.2) is 69.0 Å². The Morgan fingerprint density at radius 2 is 2.07 bits per heavy atom. The molecule has 46 heavy (non-hydrogen) atoms. The number of nitriles is 1. The molecule has 0 bridgehead atoms. The van der Waals surface area contributed by atoms with E-state index in [1.54, 1.807) is 4.90 Å². The molecule has 2 aliphatic heterocycles. The summed E-state index contributed by atoms with van der Waals surface area (Å²) in [6.07, 6.45) is -0.342. The molecule has 16 heteroatoms. The van der Waals surface area contributed by atoms with Gasteiger partial charge in [0.1, 0.15) is 28.4 Å². The zero-order valence-corrected chi connectivity index (χ0v) is 25.8. The molecule has 10 nitrogen and oxygen atoms in total. The molecular formula is C30H26ClF4N7O3S. The molecule has 0 spiro atoms. The molecule has 1 fully saturated rings. The number of rotatable bonds is 6. The summed E-state index contributed by atoms with van der Waals surface area (Å²) in [6.45, 7) is 3.06. The van der Waals surface area contributed by atoms with Gasteiger partial charge in [0, 0.05) is 36.6 Å². The average molecular weight is 676 g/mol. The second kappa shape index (κ2) is 12.4. The van der Waals surface area contributed by atoms with Crippen LogP contribution in [0.3, 0.4) is 0 Å². The molecule has 0 aliphatic carbocycles. The predicted molar refractivity (Wildman–Crippen MR) is 162 cm³/mol. The van der Waals surface area contributed by atoms with Crippen LogP contribution in [0.25, 0.3) is 21.2 Å². The van der Waals surface area contributed by atoms with Crippen LogP contribution < -0.4 is 10.5 Å². The maximum absolute atomic E-state index is 15.9. The van der Waals surface area contributed by atoms with E-state index in [0.717, 1.165) is 34.3 Å². The van der Waals surface area contributed by atoms with Crippen LogP contribution in [0.15, 0.2) is 24.4 Å². The summed E-state index contributed by atoms with van der Waals surface area (Å²) in [5.41, 5.74) is 5.30. The molecule has 2 unspecified atom stereocenters. The lowest BCUT2D eigenvalue weighted by Gasteiger charge is -2.48. The van der Waals surface area contributed by atoms with Crippen molar-refractivity contribution in [1.29, 1.82) is 5.26 Å². The Balaban J connectivity index is 1.23. The minimum Gasteiger partial charge on any atom is -0.491 e. The zero-order chi connectivity index (χ0) is 32.9. The summed E-state index contributed by atoms with van der Waals surface area (Å²) in [5, 5.41) is 16.6. The molecule has 2 amide bonds. The molecule has 2 aliphatic rings. The highest BCUT2D eigenvalue weighted by atomic mass is 35.5. The summed E-state index contributed by atoms with van der Waals surface area (Å²) in [6, 6.07) is 4.70. The fraction of sp³-hybridized carbons (Fsp3) is 0.367. The van der Waals surface area contributed by atoms with E-state index in [0.29, 0.717) is 38.9 Å². The number of halogens is 5. The van der Waals surface area contributed by atoms with Gasteiger partial charge in [-0.15, -0.1) is 16.4 Å². The molecule has 0 radical (unpaired) electrons. The average Bonchev–Trinajstić information content (AvgIpc) is 3.64. The summed E-state index contributed by atoms with van der Waals surface area (Å²) in [5.74, 6) is -1.96. The number of carbonyl (C=O) groups excluding carboxylic acids is 2. The van der Waals surface area contributed by atoms with Crippen molar-refractivity contribution in [3.8, 4) is 22.9 Å². The number of likely N-dealkylation sites (tertiary alicyclic amines) is 1. The van der Waals surface area contributed by atoms with Gasteiger partial charge in [-0.2, -0.15) is 9.94 Å². The molecule has 6 rings (SSSR count). The van der Waals surface area contributed by atoms with Crippen LogP contribution in [0.5, 0.6) is 5.75 Å². The highest BCUT2D eigenvalue weighted by molar-refractivity contribution is 7.23. The van der Waals surface area contributed by atoms with Gasteiger partial charge in [-0.1, -0.05) is 29.8 Å². The molecule has 2 aromatic heterocycles. The number of nitrogens with zero attached hydrogens (tertiary/aromatic N) is 6. The van der Waals surface area contributed by atoms with E-state index in [1.807, 2.05) is 13.0 Å². The number of benzene rings is 2. The van der Waals surface area contributed by atoms with E-state index in [-0.39, 0.29) is 66.7 Å². The molecule has 4 heterocycles. The number of carbonyl (C=O) groups is 2. The normalized spacial score (nSPS) is 18.2. The van der Waals surface area contributed by atoms with Crippen molar-refractivity contribution in [1.82, 2.24) is 24.8 Å². The number of alkyl halides is 2. The Hall–Kier alpha value is -4.42. The molecule has 2 N–H and O–H groups in total. The van der Waals surface area contributed by atoms with E-state index < -0.39 is 35.7 Å². The molecule has 2 aromatic carbocycles. The fourth-order valence-corrected chi connectivity index (χ4v) is 7.48. The first kappa shape index (κ1) is 31.6. The molecule has 2 atom stereocenters. The van der Waals surface area contributed by atoms with Crippen molar-refractivity contribution in [2.75, 3.05) is 32.0 Å². The standard InChI is InChI=1S/C30H26ClF4N7O3S/c1-2-21-14(12-41(21)30(44)42-13-20(27(34)35)38-39-42)6-8-40-7-3-9-45-25-16(29(40)43)10-19(33)23(24(25)31)15-4-5-18(32)26-22(15)17(11-36)28(37)46-26/h4-5,10,13-14,21,27H,2-3,6-9,12,37H2,1H3. The highest BCUT2D eigenvalue weighted by Gasteiger charge is 2.42. The number of nitrogens with two attached hydrogens (primary N) is 1. The van der Waals surface area contributed by atoms with Gasteiger partial charge in [0.2, 0.25) is 0 Å². The number of amides is 2. The number of hydrogen-bond donors (Lipinski definition) is 1. The minimum atomic E-state index is -2.84. The maximum atomic E-state index is 15.9. The Labute approximate surface area is 268 Å². The second-order valence-corrected chi connectivity index (χ2v) is 12.4. The Kier molecular flexibility index (Phi) is 8.51. The van der Waals surface area contributed by atoms with Crippen LogP contribution in [0, 0.1) is 28.9 Å². The zero-order valence-electron chi connectivity index (χ0n) is 24.3. The van der Waals surface area contributed by atoms with Gasteiger partial charge >= 0.3 is 6.03 Å². The third-order valence-corrected chi connectivity index (χ3v) is 9.84. The number of anilines is 1. The SMILES string of the molecule is CCC1C(CCN2CCCOc3c(cc(F)c(-c4ccc(F)c5sc(N)c(C#N)c45)c3Cl)C2=O)CN1C(=O)n1cc(C(F)F)nn1. The largest absolute Gasteiger partial charge is 0.491 e. The quantitative estimate of drug-likeness (QED) is 0.232. The lowest BCUT2D eigenvalue weighted by atomic mass is 9.84. The van der Waals surface area contributed by atoms with Crippen molar-refractivity contribution < 1.29 is 31.9 Å². The van der Waals surface area contributed by atoms with Gasteiger partial charge in [0.25, 0.3) is 12.3 Å². The Morgan fingerprint density at radius 3 is 2.76 bits per heavy atom. The third-order valence-electron chi connectivity index (χ3n) is 8.45. The maximum Gasteiger partial charge on any atom is 0.346 e. The first-order valence-electron chi connectivity index (χ1n) is 14.4. The van der Waals surface area contributed by atoms with E-state index in [9.17, 15) is 28.0 Å². The van der Waals surface area contributed by atoms with Crippen molar-refractivity contribution in [3.05, 3.63) is 57.9 Å². The van der Waals surface area contributed by atoms with E-state index in [2.05, 4.69) is 10.3 Å². The van der Waals surface area contributed by atoms with Crippen LogP contribution in [0.4, 0.5) is 27.4 Å². The minimum absolute atomic E-state index is 0.000667. The van der Waals surface area contributed by atoms with Crippen molar-refractivity contribution in [3.63, 3.8) is 0 Å². The monoisotopic (exact) mass is 675 g/mol. The smallest absolute Gasteiger partial charge is 0.346 e. The number of aromatic nitrogens is 3. The molecule has 240 valence electrons. The molecule has 4 aromatic rings. The first-order chi connectivity index (χ1) is 22.0. The van der Waals surface area contributed by atoms with Crippen LogP contribution in [-0.2, 0) is 0 Å². The molecule has 1 saturated heterocycles. The van der Waals surface area contributed by atoms with Gasteiger partial charge < -0.3 is 20.3 Å². The van der Waals surface area contributed by atoms with E-state index >= 15 is 4.39 Å². The van der Waals surface area contributed by atoms with E-state index in [1.165, 1.54) is 11.0 Å². The third kappa shape index (κ3) is 5.28. The Bertz CT molecular complexity index is 1910. The second-order valence-electron chi connectivity index (χ2n) is 11.0. The summed E-state index contributed by atoms with van der Waals surface area (Å²) in [4.78, 5) is 29.7. The summed E-state index contributed by atoms with van der Waals surface area (Å²) >= 11 is 7.60. The number of nitrogen functional groups attached to an aromatic ring is 1. The van der Waals surface area contributed by atoms with Crippen LogP contribution in [0.2, 0.25) is 5.02 Å².